The third kappa shape index (κ3) is 27.2. The summed E-state index contributed by atoms with van der Waals surface area (Å²) in [6, 6.07) is 12.9. The maximum atomic E-state index is 14.6. The molecule has 0 saturated carbocycles. The molecule has 4 heterocycles. The summed E-state index contributed by atoms with van der Waals surface area (Å²) in [6.07, 6.45) is 0.709. The molecule has 3 aromatic carbocycles. The number of likely N-dealkylation sites (N-methyl/N-ethyl adjacent to an activating group) is 1. The minimum Gasteiger partial charge on any atom is -0.507 e. The van der Waals surface area contributed by atoms with Gasteiger partial charge in [-0.15, -0.1) is 0 Å². The number of rotatable bonds is 26. The van der Waals surface area contributed by atoms with E-state index in [-0.39, 0.29) is 133 Å². The van der Waals surface area contributed by atoms with Gasteiger partial charge in [0.25, 0.3) is 0 Å². The van der Waals surface area contributed by atoms with Crippen molar-refractivity contribution in [1.82, 2.24) is 79.3 Å². The van der Waals surface area contributed by atoms with E-state index in [0.717, 1.165) is 69.7 Å². The molecule has 0 spiro atoms. The number of nitrogens with one attached hydrogen (secondary N) is 14. The molecule has 0 aromatic heterocycles. The number of aliphatic imine (C=N–C) groups is 1. The minimum atomic E-state index is -1.28. The van der Waals surface area contributed by atoms with Gasteiger partial charge >= 0.3 is 0 Å². The molecule has 518 valence electrons. The van der Waals surface area contributed by atoms with Gasteiger partial charge in [0.15, 0.2) is 5.96 Å². The number of nitrogens with two attached hydrogens (primary N) is 2. The number of phenols is 1. The summed E-state index contributed by atoms with van der Waals surface area (Å²) in [5, 5.41) is 56.1. The normalized spacial score (nSPS) is 22.5. The first kappa shape index (κ1) is 75.7. The van der Waals surface area contributed by atoms with Gasteiger partial charge in [-0.1, -0.05) is 55.5 Å². The molecule has 3 aromatic rings. The van der Waals surface area contributed by atoms with Crippen LogP contribution in [0.3, 0.4) is 0 Å². The zero-order valence-corrected chi connectivity index (χ0v) is 56.4. The first-order valence-electron chi connectivity index (χ1n) is 32.6. The number of aromatic hydroxyl groups is 1. The predicted molar refractivity (Wildman–Crippen MR) is 366 cm³/mol. The van der Waals surface area contributed by atoms with Crippen LogP contribution >= 0.6 is 22.6 Å². The Kier molecular flexibility index (Phi) is 32.3. The van der Waals surface area contributed by atoms with Crippen LogP contribution in [0.2, 0.25) is 0 Å². The molecule has 0 unspecified atom stereocenters. The van der Waals surface area contributed by atoms with Crippen LogP contribution in [-0.4, -0.2) is 230 Å². The Hall–Kier alpha value is -7.33. The summed E-state index contributed by atoms with van der Waals surface area (Å²) in [5.41, 5.74) is 11.9. The van der Waals surface area contributed by atoms with Gasteiger partial charge in [0.1, 0.15) is 29.9 Å². The van der Waals surface area contributed by atoms with E-state index < -0.39 is 77.6 Å². The van der Waals surface area contributed by atoms with Crippen molar-refractivity contribution < 1.29 is 53.0 Å². The van der Waals surface area contributed by atoms with E-state index in [1.54, 1.807) is 12.1 Å². The van der Waals surface area contributed by atoms with Crippen LogP contribution in [0.5, 0.6) is 5.75 Å². The number of nitrogens with zero attached hydrogens (tertiary/aromatic N) is 2. The highest BCUT2D eigenvalue weighted by molar-refractivity contribution is 14.1. The second kappa shape index (κ2) is 40.2. The summed E-state index contributed by atoms with van der Waals surface area (Å²) in [4.78, 5) is 128. The van der Waals surface area contributed by atoms with Gasteiger partial charge in [-0.2, -0.15) is 0 Å². The highest BCUT2D eigenvalue weighted by Gasteiger charge is 2.37. The molecule has 29 nitrogen and oxygen atoms in total. The smallest absolute Gasteiger partial charge is 0.245 e. The molecule has 30 heteroatoms. The lowest BCUT2D eigenvalue weighted by molar-refractivity contribution is -0.142. The van der Waals surface area contributed by atoms with Crippen LogP contribution in [0, 0.1) is 8.99 Å². The quantitative estimate of drug-likeness (QED) is 0.0164. The number of amides is 9. The zero-order chi connectivity index (χ0) is 67.7. The van der Waals surface area contributed by atoms with Crippen LogP contribution in [0.15, 0.2) is 65.7 Å². The number of carbonyl (C=O) groups is 9. The maximum Gasteiger partial charge on any atom is 0.245 e. The number of ether oxygens (including phenoxy) is 1. The largest absolute Gasteiger partial charge is 0.507 e. The topological polar surface area (TPSA) is 419 Å². The number of hydrogen-bond acceptors (Lipinski definition) is 18. The molecule has 4 saturated heterocycles. The van der Waals surface area contributed by atoms with Crippen LogP contribution in [0.4, 0.5) is 0 Å². The average Bonchev–Trinajstić information content (AvgIpc) is 1.14. The molecule has 4 atom stereocenters. The zero-order valence-electron chi connectivity index (χ0n) is 54.3. The van der Waals surface area contributed by atoms with Gasteiger partial charge in [0.2, 0.25) is 53.2 Å². The second-order valence-electron chi connectivity index (χ2n) is 24.6. The third-order valence-corrected chi connectivity index (χ3v) is 17.3. The predicted octanol–water partition coefficient (Wildman–Crippen LogP) is -3.08. The molecule has 0 radical (unpaired) electrons. The summed E-state index contributed by atoms with van der Waals surface area (Å²) in [7, 11) is 1.39. The van der Waals surface area contributed by atoms with Gasteiger partial charge in [0, 0.05) is 156 Å². The molecule has 19 N–H and O–H groups in total. The highest BCUT2D eigenvalue weighted by atomic mass is 127. The van der Waals surface area contributed by atoms with E-state index >= 15 is 0 Å². The summed E-state index contributed by atoms with van der Waals surface area (Å²) >= 11 is 1.94. The Labute approximate surface area is 563 Å². The molecule has 4 aliphatic heterocycles. The molecule has 4 fully saturated rings. The first-order chi connectivity index (χ1) is 45.2. The summed E-state index contributed by atoms with van der Waals surface area (Å²) in [6.45, 7) is 11.6. The van der Waals surface area contributed by atoms with Crippen molar-refractivity contribution in [2.24, 2.45) is 21.9 Å². The van der Waals surface area contributed by atoms with E-state index in [2.05, 4.69) is 86.4 Å². The van der Waals surface area contributed by atoms with Crippen molar-refractivity contribution in [3.8, 4) is 5.75 Å². The number of phenolic OH excluding ortho intramolecular Hbond substituents is 1. The molecule has 94 heavy (non-hydrogen) atoms. The van der Waals surface area contributed by atoms with Gasteiger partial charge in [-0.05, 0) is 88.7 Å². The van der Waals surface area contributed by atoms with E-state index in [9.17, 15) is 48.3 Å². The second-order valence-corrected chi connectivity index (χ2v) is 25.8. The van der Waals surface area contributed by atoms with Gasteiger partial charge in [-0.25, -0.2) is 0 Å². The van der Waals surface area contributed by atoms with Crippen molar-refractivity contribution in [3.63, 3.8) is 0 Å². The Morgan fingerprint density at radius 1 is 0.617 bits per heavy atom. The van der Waals surface area contributed by atoms with Crippen molar-refractivity contribution in [3.05, 3.63) is 75.4 Å². The Balaban J connectivity index is 0.959. The van der Waals surface area contributed by atoms with Crippen LogP contribution < -0.4 is 85.9 Å². The van der Waals surface area contributed by atoms with Crippen molar-refractivity contribution in [2.45, 2.75) is 107 Å². The van der Waals surface area contributed by atoms with Crippen molar-refractivity contribution >= 4 is 92.5 Å². The molecule has 0 aliphatic carbocycles. The summed E-state index contributed by atoms with van der Waals surface area (Å²) in [5.74, 6) is -4.89. The number of hydrogen-bond donors (Lipinski definition) is 17. The number of benzene rings is 3. The average molecular weight is 1420 g/mol. The van der Waals surface area contributed by atoms with Crippen molar-refractivity contribution in [2.75, 3.05) is 132 Å². The molecule has 7 rings (SSSR count). The fraction of sp³-hybridized carbons (Fsp3) is 0.594. The molecule has 9 amide bonds. The lowest BCUT2D eigenvalue weighted by atomic mass is 9.90. The number of halogens is 1. The Morgan fingerprint density at radius 3 is 1.78 bits per heavy atom. The lowest BCUT2D eigenvalue weighted by Crippen LogP contribution is -2.66. The van der Waals surface area contributed by atoms with E-state index in [1.165, 1.54) is 18.0 Å². The summed E-state index contributed by atoms with van der Waals surface area (Å²) < 4.78 is 6.09. The minimum absolute atomic E-state index is 0.0116. The Bertz CT molecular complexity index is 2980. The monoisotopic (exact) mass is 1420 g/mol. The number of carbonyl (C=O) groups excluding carboxylic acids is 9. The lowest BCUT2D eigenvalue weighted by Gasteiger charge is -2.37. The SMILES string of the molecule is CN1C(=O)[C@@H](Cc2ccc(O)c(I)c2)NC(=O)CNC(=O)[C@H](Cc2ccc3ccccc3c2)NC(=O)[C@H](CCCN=C(N)N)NC(=O)[C@H]1CCCNC(=O)CCC(=O)NCCOCCNC(=O)CCCC(=O)NC12CNCCNCC(C)(CNCCNC1)CNCCNC2. The van der Waals surface area contributed by atoms with Gasteiger partial charge in [-0.3, -0.25) is 48.1 Å². The van der Waals surface area contributed by atoms with Crippen LogP contribution in [0.1, 0.15) is 75.8 Å². The fourth-order valence-electron chi connectivity index (χ4n) is 11.3. The maximum absolute atomic E-state index is 14.6. The number of guanidine groups is 1. The van der Waals surface area contributed by atoms with E-state index in [0.29, 0.717) is 40.8 Å². The first-order valence-corrected chi connectivity index (χ1v) is 33.7. The molecule has 2 bridgehead atoms. The van der Waals surface area contributed by atoms with E-state index in [4.69, 9.17) is 16.2 Å². The third-order valence-electron chi connectivity index (χ3n) is 16.5. The van der Waals surface area contributed by atoms with E-state index in [1.807, 2.05) is 65.1 Å². The highest BCUT2D eigenvalue weighted by Crippen LogP contribution is 2.23. The van der Waals surface area contributed by atoms with Gasteiger partial charge < -0.3 is 101 Å². The van der Waals surface area contributed by atoms with Crippen molar-refractivity contribution in [1.29, 1.82) is 0 Å². The van der Waals surface area contributed by atoms with Crippen LogP contribution in [-0.2, 0) is 60.7 Å². The molecular formula is C64H99IN18O11. The molecular weight excluding hydrogens is 1320 g/mol. The fourth-order valence-corrected chi connectivity index (χ4v) is 11.9. The standard InChI is InChI=1S/C64H99IN18O11/c1-63-37-68-22-25-71-40-64(41-72-26-23-69-38-63,42-73-27-24-70-39-63)82-56(88)13-5-12-53(85)75-28-30-94-31-29-76-55(87)19-18-54(86)74-20-7-11-51-60(92)80-48(10-6-21-77-62(66)67)59(91)81-49(34-43-14-16-45-8-3-4-9-46(45)32-43)58(90)78-36-57(89)79-50(61(93)83(51)2)35-44-15-17-52(84)47(65)33-44/h3-4,8-9,14-17,32-33,48-51,68-73,84H,5-7,10-13,18-31,34-42H2,1-2H3,(H,74,86)(H,75,85)(H,76,87)(H,78,90)(H,79,89)(H,80,92)(H,81,91)(H,82,88)(H4,66,67,77)/t48-,49-,50+,51+,63?,64?/m0/s1. The van der Waals surface area contributed by atoms with Gasteiger partial charge in [0.05, 0.1) is 28.9 Å². The van der Waals surface area contributed by atoms with Crippen LogP contribution in [0.25, 0.3) is 10.8 Å². The number of fused-ring (bicyclic) bond motifs is 16. The Morgan fingerprint density at radius 2 is 1.16 bits per heavy atom. The molecule has 4 aliphatic rings.